The van der Waals surface area contributed by atoms with Crippen LogP contribution in [0.2, 0.25) is 0 Å². The number of amides is 1. The van der Waals surface area contributed by atoms with E-state index in [1.807, 2.05) is 0 Å². The van der Waals surface area contributed by atoms with Crippen LogP contribution in [0, 0.1) is 0 Å². The molecule has 1 aliphatic rings. The molecule has 1 fully saturated rings. The monoisotopic (exact) mass is 208 g/mol. The number of hydrogen-bond acceptors (Lipinski definition) is 3. The number of hydrogen-bond donors (Lipinski definition) is 2. The van der Waals surface area contributed by atoms with Crippen molar-refractivity contribution in [3.63, 3.8) is 0 Å². The number of carbonyl (C=O) groups is 1. The molecule has 1 saturated carbocycles. The van der Waals surface area contributed by atoms with E-state index in [2.05, 4.69) is 10.6 Å². The predicted molar refractivity (Wildman–Crippen MR) is 56.7 cm³/mol. The molecule has 0 unspecified atom stereocenters. The molecule has 0 saturated heterocycles. The minimum Gasteiger partial charge on any atom is -0.459 e. The molecule has 15 heavy (non-hydrogen) atoms. The quantitative estimate of drug-likeness (QED) is 0.714. The Morgan fingerprint density at radius 2 is 2.33 bits per heavy atom. The molecule has 0 aliphatic heterocycles. The minimum atomic E-state index is -0.143. The molecule has 4 nitrogen and oxygen atoms in total. The highest BCUT2D eigenvalue weighted by molar-refractivity contribution is 5.91. The summed E-state index contributed by atoms with van der Waals surface area (Å²) >= 11 is 0. The maximum Gasteiger partial charge on any atom is 0.287 e. The molecule has 1 aliphatic carbocycles. The molecule has 0 aromatic carbocycles. The van der Waals surface area contributed by atoms with Gasteiger partial charge in [0, 0.05) is 19.1 Å². The molecule has 1 aromatic heterocycles. The van der Waals surface area contributed by atoms with Gasteiger partial charge in [-0.2, -0.15) is 0 Å². The number of rotatable bonds is 5. The summed E-state index contributed by atoms with van der Waals surface area (Å²) in [6, 6.07) is 4.04. The maximum absolute atomic E-state index is 11.4. The van der Waals surface area contributed by atoms with Crippen molar-refractivity contribution in [1.82, 2.24) is 10.6 Å². The fourth-order valence-corrected chi connectivity index (χ4v) is 1.56. The molecular formula is C11H16N2O2. The Morgan fingerprint density at radius 3 is 2.93 bits per heavy atom. The lowest BCUT2D eigenvalue weighted by Crippen LogP contribution is -2.40. The first-order valence-electron chi connectivity index (χ1n) is 5.41. The van der Waals surface area contributed by atoms with Crippen LogP contribution in [-0.4, -0.2) is 25.0 Å². The fourth-order valence-electron chi connectivity index (χ4n) is 1.56. The van der Waals surface area contributed by atoms with Gasteiger partial charge in [0.1, 0.15) is 0 Å². The van der Waals surface area contributed by atoms with Crippen molar-refractivity contribution in [2.45, 2.75) is 25.3 Å². The first-order valence-corrected chi connectivity index (χ1v) is 5.41. The van der Waals surface area contributed by atoms with Crippen LogP contribution in [0.15, 0.2) is 22.8 Å². The third kappa shape index (κ3) is 2.83. The molecule has 1 heterocycles. The summed E-state index contributed by atoms with van der Waals surface area (Å²) in [7, 11) is 0. The van der Waals surface area contributed by atoms with E-state index in [1.165, 1.54) is 25.5 Å². The normalized spacial score (nSPS) is 16.0. The Morgan fingerprint density at radius 1 is 1.47 bits per heavy atom. The molecular weight excluding hydrogens is 192 g/mol. The fraction of sp³-hybridized carbons (Fsp3) is 0.545. The Bertz CT molecular complexity index is 304. The summed E-state index contributed by atoms with van der Waals surface area (Å²) in [6.45, 7) is 1.48. The third-order valence-corrected chi connectivity index (χ3v) is 2.69. The van der Waals surface area contributed by atoms with Gasteiger partial charge >= 0.3 is 0 Å². The summed E-state index contributed by atoms with van der Waals surface area (Å²) < 4.78 is 4.97. The van der Waals surface area contributed by atoms with Crippen LogP contribution in [0.1, 0.15) is 29.8 Å². The van der Waals surface area contributed by atoms with Crippen molar-refractivity contribution in [3.8, 4) is 0 Å². The van der Waals surface area contributed by atoms with Crippen LogP contribution in [-0.2, 0) is 0 Å². The molecule has 2 rings (SSSR count). The van der Waals surface area contributed by atoms with E-state index in [9.17, 15) is 4.79 Å². The van der Waals surface area contributed by atoms with Crippen LogP contribution in [0.5, 0.6) is 0 Å². The summed E-state index contributed by atoms with van der Waals surface area (Å²) in [4.78, 5) is 11.4. The van der Waals surface area contributed by atoms with Gasteiger partial charge in [0.25, 0.3) is 5.91 Å². The second-order valence-corrected chi connectivity index (χ2v) is 3.82. The van der Waals surface area contributed by atoms with Gasteiger partial charge in [-0.1, -0.05) is 6.42 Å². The van der Waals surface area contributed by atoms with E-state index in [1.54, 1.807) is 12.1 Å². The van der Waals surface area contributed by atoms with Crippen LogP contribution in [0.3, 0.4) is 0 Å². The second kappa shape index (κ2) is 4.98. The lowest BCUT2D eigenvalue weighted by molar-refractivity contribution is 0.0925. The van der Waals surface area contributed by atoms with E-state index in [-0.39, 0.29) is 5.91 Å². The van der Waals surface area contributed by atoms with Crippen molar-refractivity contribution in [1.29, 1.82) is 0 Å². The molecule has 82 valence electrons. The van der Waals surface area contributed by atoms with Gasteiger partial charge in [-0.15, -0.1) is 0 Å². The highest BCUT2D eigenvalue weighted by Gasteiger charge is 2.15. The topological polar surface area (TPSA) is 54.3 Å². The molecule has 0 spiro atoms. The molecule has 0 atom stereocenters. The summed E-state index contributed by atoms with van der Waals surface area (Å²) in [5, 5.41) is 6.17. The largest absolute Gasteiger partial charge is 0.459 e. The standard InChI is InChI=1S/C11H16N2O2/c14-11(10-5-2-8-15-10)13-7-6-12-9-3-1-4-9/h2,5,8-9,12H,1,3-4,6-7H2,(H,13,14). The minimum absolute atomic E-state index is 0.143. The molecule has 0 radical (unpaired) electrons. The summed E-state index contributed by atoms with van der Waals surface area (Å²) in [6.07, 6.45) is 5.37. The lowest BCUT2D eigenvalue weighted by Gasteiger charge is -2.26. The molecule has 1 amide bonds. The highest BCUT2D eigenvalue weighted by atomic mass is 16.3. The van der Waals surface area contributed by atoms with Crippen LogP contribution in [0.4, 0.5) is 0 Å². The van der Waals surface area contributed by atoms with Crippen LogP contribution in [0.25, 0.3) is 0 Å². The third-order valence-electron chi connectivity index (χ3n) is 2.69. The van der Waals surface area contributed by atoms with E-state index < -0.39 is 0 Å². The zero-order chi connectivity index (χ0) is 10.5. The van der Waals surface area contributed by atoms with E-state index in [0.29, 0.717) is 18.3 Å². The van der Waals surface area contributed by atoms with Crippen molar-refractivity contribution in [2.75, 3.05) is 13.1 Å². The maximum atomic E-state index is 11.4. The smallest absolute Gasteiger partial charge is 0.287 e. The Balaban J connectivity index is 1.59. The summed E-state index contributed by atoms with van der Waals surface area (Å²) in [5.74, 6) is 0.231. The average Bonchev–Trinajstić information content (AvgIpc) is 2.67. The van der Waals surface area contributed by atoms with Crippen molar-refractivity contribution in [3.05, 3.63) is 24.2 Å². The van der Waals surface area contributed by atoms with Gasteiger partial charge in [0.2, 0.25) is 0 Å². The van der Waals surface area contributed by atoms with Gasteiger partial charge in [-0.3, -0.25) is 4.79 Å². The predicted octanol–water partition coefficient (Wildman–Crippen LogP) is 1.15. The Hall–Kier alpha value is -1.29. The van der Waals surface area contributed by atoms with Crippen LogP contribution >= 0.6 is 0 Å². The first kappa shape index (κ1) is 10.2. The van der Waals surface area contributed by atoms with E-state index in [0.717, 1.165) is 6.54 Å². The van der Waals surface area contributed by atoms with Crippen molar-refractivity contribution in [2.24, 2.45) is 0 Å². The van der Waals surface area contributed by atoms with E-state index in [4.69, 9.17) is 4.42 Å². The zero-order valence-corrected chi connectivity index (χ0v) is 8.66. The summed E-state index contributed by atoms with van der Waals surface area (Å²) in [5.41, 5.74) is 0. The first-order chi connectivity index (χ1) is 7.36. The average molecular weight is 208 g/mol. The van der Waals surface area contributed by atoms with Crippen molar-refractivity contribution >= 4 is 5.91 Å². The van der Waals surface area contributed by atoms with E-state index >= 15 is 0 Å². The lowest BCUT2D eigenvalue weighted by atomic mass is 9.93. The van der Waals surface area contributed by atoms with Crippen molar-refractivity contribution < 1.29 is 9.21 Å². The molecule has 2 N–H and O–H groups in total. The SMILES string of the molecule is O=C(NCCNC1CCC1)c1ccco1. The van der Waals surface area contributed by atoms with Gasteiger partial charge in [0.05, 0.1) is 6.26 Å². The Kier molecular flexibility index (Phi) is 3.40. The van der Waals surface area contributed by atoms with Crippen LogP contribution < -0.4 is 10.6 Å². The number of carbonyl (C=O) groups excluding carboxylic acids is 1. The van der Waals surface area contributed by atoms with Gasteiger partial charge in [-0.05, 0) is 25.0 Å². The molecule has 1 aromatic rings. The number of furan rings is 1. The Labute approximate surface area is 89.0 Å². The van der Waals surface area contributed by atoms with Gasteiger partial charge in [-0.25, -0.2) is 0 Å². The highest BCUT2D eigenvalue weighted by Crippen LogP contribution is 2.17. The van der Waals surface area contributed by atoms with Gasteiger partial charge < -0.3 is 15.1 Å². The second-order valence-electron chi connectivity index (χ2n) is 3.82. The molecule has 4 heteroatoms. The molecule has 0 bridgehead atoms. The zero-order valence-electron chi connectivity index (χ0n) is 8.66. The van der Waals surface area contributed by atoms with Gasteiger partial charge in [0.15, 0.2) is 5.76 Å². The number of nitrogens with one attached hydrogen (secondary N) is 2.